The Kier molecular flexibility index (Phi) is 14.7. The zero-order valence-electron chi connectivity index (χ0n) is 55.5. The number of aromatic nitrogens is 5. The summed E-state index contributed by atoms with van der Waals surface area (Å²) in [5, 5.41) is 6.94. The lowest BCUT2D eigenvalue weighted by Gasteiger charge is -2.26. The van der Waals surface area contributed by atoms with Gasteiger partial charge in [0.1, 0.15) is 0 Å². The molecule has 0 radical (unpaired) electrons. The van der Waals surface area contributed by atoms with Crippen LogP contribution >= 0.6 is 0 Å². The summed E-state index contributed by atoms with van der Waals surface area (Å²) in [4.78, 5) is 18.5. The van der Waals surface area contributed by atoms with Crippen LogP contribution in [-0.4, -0.2) is 23.7 Å². The monoisotopic (exact) mass is 1300 g/mol. The third-order valence-electron chi connectivity index (χ3n) is 19.7. The number of benzene rings is 15. The van der Waals surface area contributed by atoms with Crippen molar-refractivity contribution in [1.82, 2.24) is 23.7 Å². The van der Waals surface area contributed by atoms with E-state index in [-0.39, 0.29) is 0 Å². The maximum Gasteiger partial charge on any atom is 0.160 e. The van der Waals surface area contributed by atoms with Crippen molar-refractivity contribution in [2.45, 2.75) is 0 Å². The molecule has 0 unspecified atom stereocenters. The Hall–Kier alpha value is -13.8. The SMILES string of the molecule is c1ccc(N(c2ccccc2)c2cccc3c2c2ccccc2n3-c2cccc(-c3cc(-c4cccc(-n5c6ccccc6c6c(N(c7ccccc7)c7ccccc7)cccc65)c4)nc(-c4cccc(-n5c6ccccc6c6c(N(c7ccccc7)c7ccccc7)cccc65)c4)n3)c2)cc1. The molecule has 19 rings (SSSR count). The normalized spacial score (nSPS) is 11.5. The lowest BCUT2D eigenvalue weighted by molar-refractivity contribution is 1.15. The minimum Gasteiger partial charge on any atom is -0.310 e. The molecule has 8 nitrogen and oxygen atoms in total. The van der Waals surface area contributed by atoms with Crippen molar-refractivity contribution in [2.75, 3.05) is 14.7 Å². The van der Waals surface area contributed by atoms with Gasteiger partial charge in [-0.25, -0.2) is 9.97 Å². The topological polar surface area (TPSA) is 50.3 Å². The third-order valence-corrected chi connectivity index (χ3v) is 19.7. The van der Waals surface area contributed by atoms with Crippen LogP contribution in [0.2, 0.25) is 0 Å². The Labute approximate surface area is 590 Å². The number of hydrogen-bond donors (Lipinski definition) is 0. The molecule has 0 aliphatic heterocycles. The number of fused-ring (bicyclic) bond motifs is 9. The van der Waals surface area contributed by atoms with E-state index in [2.05, 4.69) is 417 Å². The van der Waals surface area contributed by atoms with Gasteiger partial charge in [0.2, 0.25) is 0 Å². The van der Waals surface area contributed by atoms with Crippen LogP contribution in [0.15, 0.2) is 388 Å². The van der Waals surface area contributed by atoms with Crippen molar-refractivity contribution in [2.24, 2.45) is 0 Å². The quantitative estimate of drug-likeness (QED) is 0.102. The van der Waals surface area contributed by atoms with Crippen molar-refractivity contribution >= 4 is 117 Å². The number of anilines is 9. The van der Waals surface area contributed by atoms with E-state index in [9.17, 15) is 0 Å². The van der Waals surface area contributed by atoms with Crippen molar-refractivity contribution in [3.05, 3.63) is 388 Å². The fraction of sp³-hybridized carbons (Fsp3) is 0. The van der Waals surface area contributed by atoms with E-state index in [0.29, 0.717) is 5.82 Å². The number of hydrogen-bond acceptors (Lipinski definition) is 5. The van der Waals surface area contributed by atoms with Gasteiger partial charge in [-0.15, -0.1) is 0 Å². The minimum atomic E-state index is 0.604. The first-order valence-corrected chi connectivity index (χ1v) is 34.6. The predicted molar refractivity (Wildman–Crippen MR) is 425 cm³/mol. The molecule has 0 amide bonds. The van der Waals surface area contributed by atoms with Crippen molar-refractivity contribution in [3.63, 3.8) is 0 Å². The first kappa shape index (κ1) is 59.4. The lowest BCUT2D eigenvalue weighted by Crippen LogP contribution is -2.10. The van der Waals surface area contributed by atoms with Crippen LogP contribution in [0.3, 0.4) is 0 Å². The molecule has 480 valence electrons. The molecule has 0 saturated heterocycles. The van der Waals surface area contributed by atoms with E-state index in [0.717, 1.165) is 162 Å². The van der Waals surface area contributed by atoms with Crippen LogP contribution < -0.4 is 14.7 Å². The second-order valence-electron chi connectivity index (χ2n) is 25.7. The van der Waals surface area contributed by atoms with E-state index < -0.39 is 0 Å². The zero-order valence-corrected chi connectivity index (χ0v) is 55.5. The van der Waals surface area contributed by atoms with Crippen LogP contribution in [0.25, 0.3) is 116 Å². The smallest absolute Gasteiger partial charge is 0.160 e. The average Bonchev–Trinajstić information content (AvgIpc) is 1.58. The Balaban J connectivity index is 0.797. The fourth-order valence-corrected chi connectivity index (χ4v) is 15.4. The zero-order chi connectivity index (χ0) is 67.5. The number of rotatable bonds is 15. The maximum atomic E-state index is 5.68. The molecule has 0 atom stereocenters. The largest absolute Gasteiger partial charge is 0.310 e. The van der Waals surface area contributed by atoms with E-state index in [1.165, 1.54) is 0 Å². The molecular weight excluding hydrogens is 1240 g/mol. The van der Waals surface area contributed by atoms with Gasteiger partial charge in [0.05, 0.1) is 61.6 Å². The summed E-state index contributed by atoms with van der Waals surface area (Å²) in [6, 6.07) is 139. The molecule has 0 N–H and O–H groups in total. The van der Waals surface area contributed by atoms with Crippen LogP contribution in [0.1, 0.15) is 0 Å². The molecule has 0 bridgehead atoms. The molecule has 0 aliphatic carbocycles. The summed E-state index contributed by atoms with van der Waals surface area (Å²) in [7, 11) is 0. The van der Waals surface area contributed by atoms with Gasteiger partial charge in [0.25, 0.3) is 0 Å². The Morgan fingerprint density at radius 3 is 0.745 bits per heavy atom. The molecule has 15 aromatic carbocycles. The van der Waals surface area contributed by atoms with Gasteiger partial charge in [-0.05, 0) is 170 Å². The highest BCUT2D eigenvalue weighted by atomic mass is 15.2. The molecule has 0 fully saturated rings. The number of para-hydroxylation sites is 9. The van der Waals surface area contributed by atoms with Gasteiger partial charge in [0, 0.05) is 100 Å². The molecule has 4 aromatic heterocycles. The molecule has 8 heteroatoms. The van der Waals surface area contributed by atoms with Crippen LogP contribution in [-0.2, 0) is 0 Å². The highest BCUT2D eigenvalue weighted by Crippen LogP contribution is 2.48. The van der Waals surface area contributed by atoms with Crippen molar-refractivity contribution in [1.29, 1.82) is 0 Å². The summed E-state index contributed by atoms with van der Waals surface area (Å²) >= 11 is 0. The van der Waals surface area contributed by atoms with Crippen LogP contribution in [0, 0.1) is 0 Å². The second-order valence-corrected chi connectivity index (χ2v) is 25.7. The van der Waals surface area contributed by atoms with Gasteiger partial charge < -0.3 is 28.4 Å². The van der Waals surface area contributed by atoms with Gasteiger partial charge in [-0.1, -0.05) is 218 Å². The maximum absolute atomic E-state index is 5.68. The highest BCUT2D eigenvalue weighted by molar-refractivity contribution is 6.19. The fourth-order valence-electron chi connectivity index (χ4n) is 15.4. The van der Waals surface area contributed by atoms with E-state index in [4.69, 9.17) is 9.97 Å². The van der Waals surface area contributed by atoms with E-state index in [1.54, 1.807) is 0 Å². The Bertz CT molecular complexity index is 5580. The molecule has 0 aliphatic rings. The average molecular weight is 1310 g/mol. The minimum absolute atomic E-state index is 0.604. The molecule has 102 heavy (non-hydrogen) atoms. The van der Waals surface area contributed by atoms with Crippen LogP contribution in [0.5, 0.6) is 0 Å². The Morgan fingerprint density at radius 2 is 0.441 bits per heavy atom. The Morgan fingerprint density at radius 1 is 0.196 bits per heavy atom. The number of nitrogens with zero attached hydrogens (tertiary/aromatic N) is 8. The van der Waals surface area contributed by atoms with E-state index >= 15 is 0 Å². The van der Waals surface area contributed by atoms with Gasteiger partial charge in [-0.3, -0.25) is 0 Å². The summed E-state index contributed by atoms with van der Waals surface area (Å²) in [5.41, 5.74) is 23.7. The van der Waals surface area contributed by atoms with Crippen molar-refractivity contribution < 1.29 is 0 Å². The van der Waals surface area contributed by atoms with E-state index in [1.807, 2.05) is 0 Å². The molecule has 0 spiro atoms. The summed E-state index contributed by atoms with van der Waals surface area (Å²) in [6.45, 7) is 0. The second kappa shape index (κ2) is 25.2. The standard InChI is InChI=1S/C94H64N8/c1-7-34-68(35-8-1)97(69-36-9-2-10-37-69)85-55-28-58-88-91(85)77-49-19-22-52-82(77)100(88)74-46-25-31-65(61-74)80-64-81(66-32-26-47-75(62-66)101-83-53-23-20-50-78(83)92-86(56-29-59-89(92)101)98(70-38-11-3-12-39-70)71-40-13-4-14-41-71)96-94(95-80)67-33-27-48-76(63-67)102-84-54-24-21-51-79(84)93-87(57-30-60-90(93)102)99(72-42-15-5-16-43-72)73-44-17-6-18-45-73/h1-64H. The lowest BCUT2D eigenvalue weighted by atomic mass is 10.0. The summed E-state index contributed by atoms with van der Waals surface area (Å²) in [5.74, 6) is 0.604. The highest BCUT2D eigenvalue weighted by Gasteiger charge is 2.26. The molecule has 0 saturated carbocycles. The molecule has 4 heterocycles. The van der Waals surface area contributed by atoms with Gasteiger partial charge in [0.15, 0.2) is 5.82 Å². The van der Waals surface area contributed by atoms with Crippen molar-refractivity contribution in [3.8, 4) is 51.0 Å². The summed E-state index contributed by atoms with van der Waals surface area (Å²) < 4.78 is 7.22. The molecular formula is C94H64N8. The first-order chi connectivity index (χ1) is 50.6. The molecule has 19 aromatic rings. The third kappa shape index (κ3) is 10.2. The van der Waals surface area contributed by atoms with Crippen LogP contribution in [0.4, 0.5) is 51.2 Å². The summed E-state index contributed by atoms with van der Waals surface area (Å²) in [6.07, 6.45) is 0. The van der Waals surface area contributed by atoms with Gasteiger partial charge in [-0.2, -0.15) is 0 Å². The first-order valence-electron chi connectivity index (χ1n) is 34.6. The predicted octanol–water partition coefficient (Wildman–Crippen LogP) is 25.2. The van der Waals surface area contributed by atoms with Gasteiger partial charge >= 0.3 is 0 Å².